The molecular weight excluding hydrogens is 222 g/mol. The van der Waals surface area contributed by atoms with Crippen molar-refractivity contribution in [1.82, 2.24) is 4.68 Å². The molecule has 2 aromatic rings. The Hall–Kier alpha value is -1.55. The van der Waals surface area contributed by atoms with E-state index in [1.807, 2.05) is 31.9 Å². The number of rotatable bonds is 3. The van der Waals surface area contributed by atoms with Gasteiger partial charge >= 0.3 is 98.8 Å². The van der Waals surface area contributed by atoms with Gasteiger partial charge in [-0.2, -0.15) is 0 Å². The summed E-state index contributed by atoms with van der Waals surface area (Å²) >= 11 is 5.45. The first-order valence-electron chi connectivity index (χ1n) is 4.88. The summed E-state index contributed by atoms with van der Waals surface area (Å²) in [5.41, 5.74) is 5.57. The number of halogens is 1. The topological polar surface area (TPSA) is 34.0 Å². The summed E-state index contributed by atoms with van der Waals surface area (Å²) < 4.78 is 1.60. The second-order valence-electron chi connectivity index (χ2n) is 3.52. The molecule has 80 valence electrons. The SMILES string of the molecule is Cc1bccc(Nn2cccc2C(=O)Cl)c1. The van der Waals surface area contributed by atoms with E-state index in [-0.39, 0.29) is 0 Å². The van der Waals surface area contributed by atoms with E-state index in [2.05, 4.69) is 5.43 Å². The number of carbonyl (C=O) groups is 1. The number of hydrogen-bond donors (Lipinski definition) is 1. The van der Waals surface area contributed by atoms with Gasteiger partial charge in [-0.15, -0.1) is 0 Å². The molecule has 0 saturated heterocycles. The summed E-state index contributed by atoms with van der Waals surface area (Å²) in [5.74, 6) is 1.95. The van der Waals surface area contributed by atoms with Crippen molar-refractivity contribution in [1.29, 1.82) is 0 Å². The molecule has 0 aromatic carbocycles. The first-order valence-corrected chi connectivity index (χ1v) is 5.25. The van der Waals surface area contributed by atoms with Gasteiger partial charge in [0.05, 0.1) is 0 Å². The first kappa shape index (κ1) is 11.0. The fourth-order valence-electron chi connectivity index (χ4n) is 1.49. The number of nitrogens with one attached hydrogen (secondary N) is 1. The van der Waals surface area contributed by atoms with Gasteiger partial charge in [-0.05, 0) is 0 Å². The van der Waals surface area contributed by atoms with Gasteiger partial charge in [0.1, 0.15) is 0 Å². The van der Waals surface area contributed by atoms with Crippen molar-refractivity contribution in [3.63, 3.8) is 0 Å². The summed E-state index contributed by atoms with van der Waals surface area (Å²) in [6.07, 6.45) is 1.75. The molecule has 2 heterocycles. The van der Waals surface area contributed by atoms with Crippen LogP contribution in [-0.4, -0.2) is 16.8 Å². The van der Waals surface area contributed by atoms with E-state index >= 15 is 0 Å². The Bertz CT molecular complexity index is 524. The maximum atomic E-state index is 11.1. The number of nitrogens with zero attached hydrogens (tertiary/aromatic N) is 1. The van der Waals surface area contributed by atoms with Crippen molar-refractivity contribution in [2.75, 3.05) is 5.43 Å². The molecule has 16 heavy (non-hydrogen) atoms. The van der Waals surface area contributed by atoms with Crippen molar-refractivity contribution < 1.29 is 4.79 Å². The van der Waals surface area contributed by atoms with E-state index in [1.54, 1.807) is 23.0 Å². The molecule has 5 heteroatoms. The molecule has 0 fully saturated rings. The average molecular weight is 232 g/mol. The first-order chi connectivity index (χ1) is 7.66. The molecule has 0 saturated carbocycles. The van der Waals surface area contributed by atoms with Crippen LogP contribution < -0.4 is 5.43 Å². The Labute approximate surface area is 99.2 Å². The number of hydrogen-bond acceptors (Lipinski definition) is 2. The normalized spacial score (nSPS) is 9.88. The van der Waals surface area contributed by atoms with Gasteiger partial charge < -0.3 is 0 Å². The Kier molecular flexibility index (Phi) is 3.10. The zero-order valence-corrected chi connectivity index (χ0v) is 9.53. The molecule has 0 aliphatic carbocycles. The van der Waals surface area contributed by atoms with Gasteiger partial charge in [0.15, 0.2) is 0 Å². The fourth-order valence-corrected chi connectivity index (χ4v) is 1.65. The molecule has 0 aliphatic heterocycles. The van der Waals surface area contributed by atoms with Crippen LogP contribution in [0.5, 0.6) is 0 Å². The molecule has 1 N–H and O–H groups in total. The van der Waals surface area contributed by atoms with E-state index in [0.717, 1.165) is 11.1 Å². The van der Waals surface area contributed by atoms with Crippen LogP contribution in [0.3, 0.4) is 0 Å². The summed E-state index contributed by atoms with van der Waals surface area (Å²) in [6, 6.07) is 7.34. The van der Waals surface area contributed by atoms with E-state index in [1.165, 1.54) is 0 Å². The molecule has 3 nitrogen and oxygen atoms in total. The fraction of sp³-hybridized carbons (Fsp3) is 0.0909. The number of aryl methyl sites for hydroxylation is 1. The van der Waals surface area contributed by atoms with Crippen molar-refractivity contribution in [2.24, 2.45) is 0 Å². The van der Waals surface area contributed by atoms with Gasteiger partial charge in [-0.1, -0.05) is 0 Å². The third kappa shape index (κ3) is 2.34. The Morgan fingerprint density at radius 1 is 1.50 bits per heavy atom. The quantitative estimate of drug-likeness (QED) is 0.825. The molecule has 0 aliphatic rings. The van der Waals surface area contributed by atoms with Gasteiger partial charge in [0.2, 0.25) is 0 Å². The van der Waals surface area contributed by atoms with Crippen molar-refractivity contribution in [3.05, 3.63) is 47.6 Å². The van der Waals surface area contributed by atoms with E-state index in [4.69, 9.17) is 11.6 Å². The van der Waals surface area contributed by atoms with Crippen LogP contribution in [0.1, 0.15) is 15.9 Å². The van der Waals surface area contributed by atoms with Crippen LogP contribution in [0.15, 0.2) is 36.4 Å². The van der Waals surface area contributed by atoms with E-state index in [0.29, 0.717) is 5.69 Å². The molecule has 0 amide bonds. The van der Waals surface area contributed by atoms with Crippen LogP contribution in [0.2, 0.25) is 0 Å². The Balaban J connectivity index is 2.27. The molecule has 0 radical (unpaired) electrons. The molecule has 0 spiro atoms. The third-order valence-electron chi connectivity index (χ3n) is 2.22. The zero-order valence-electron chi connectivity index (χ0n) is 8.77. The minimum atomic E-state index is -0.481. The van der Waals surface area contributed by atoms with Crippen LogP contribution in [0.4, 0.5) is 5.69 Å². The molecule has 0 unspecified atom stereocenters. The van der Waals surface area contributed by atoms with Crippen molar-refractivity contribution >= 4 is 29.4 Å². The number of aromatic nitrogens is 1. The minimum absolute atomic E-state index is 0.420. The molecule has 0 atom stereocenters. The predicted octanol–water partition coefficient (Wildman–Crippen LogP) is 2.39. The van der Waals surface area contributed by atoms with Crippen LogP contribution in [0.25, 0.3) is 0 Å². The predicted molar refractivity (Wildman–Crippen MR) is 66.2 cm³/mol. The summed E-state index contributed by atoms with van der Waals surface area (Å²) in [5, 5.41) is -0.481. The molecule has 2 aromatic heterocycles. The van der Waals surface area contributed by atoms with Crippen molar-refractivity contribution in [3.8, 4) is 0 Å². The standard InChI is InChI=1S/C11H10BClN2O/c1-8-7-9(4-5-12-8)14-15-6-2-3-10(15)11(13)16/h2-7,14H,1H3. The third-order valence-corrected chi connectivity index (χ3v) is 2.41. The van der Waals surface area contributed by atoms with Gasteiger partial charge in [0.25, 0.3) is 0 Å². The van der Waals surface area contributed by atoms with Gasteiger partial charge in [0, 0.05) is 0 Å². The molecule has 2 rings (SSSR count). The average Bonchev–Trinajstić information content (AvgIpc) is 2.66. The van der Waals surface area contributed by atoms with Crippen LogP contribution in [-0.2, 0) is 0 Å². The Morgan fingerprint density at radius 3 is 3.00 bits per heavy atom. The van der Waals surface area contributed by atoms with E-state index < -0.39 is 5.24 Å². The van der Waals surface area contributed by atoms with Crippen LogP contribution in [0, 0.1) is 6.92 Å². The molecule has 0 bridgehead atoms. The second kappa shape index (κ2) is 4.53. The van der Waals surface area contributed by atoms with Crippen molar-refractivity contribution in [2.45, 2.75) is 6.92 Å². The Morgan fingerprint density at radius 2 is 2.31 bits per heavy atom. The summed E-state index contributed by atoms with van der Waals surface area (Å²) in [6.45, 7) is 4.02. The molecular formula is C11H10BClN2O. The zero-order chi connectivity index (χ0) is 11.5. The summed E-state index contributed by atoms with van der Waals surface area (Å²) in [7, 11) is 0. The van der Waals surface area contributed by atoms with Crippen LogP contribution >= 0.6 is 11.6 Å². The number of anilines is 1. The van der Waals surface area contributed by atoms with Gasteiger partial charge in [-0.3, -0.25) is 0 Å². The van der Waals surface area contributed by atoms with Gasteiger partial charge in [-0.25, -0.2) is 0 Å². The second-order valence-corrected chi connectivity index (χ2v) is 3.86. The number of carbonyl (C=O) groups excluding carboxylic acids is 1. The maximum absolute atomic E-state index is 11.1. The van der Waals surface area contributed by atoms with E-state index in [9.17, 15) is 4.79 Å². The monoisotopic (exact) mass is 232 g/mol. The summed E-state index contributed by atoms with van der Waals surface area (Å²) in [4.78, 5) is 11.1.